The van der Waals surface area contributed by atoms with E-state index in [0.717, 1.165) is 0 Å². The minimum Gasteiger partial charge on any atom is -0.458 e. The van der Waals surface area contributed by atoms with E-state index in [9.17, 15) is 19.2 Å². The lowest BCUT2D eigenvalue weighted by molar-refractivity contribution is -0.174. The van der Waals surface area contributed by atoms with Crippen molar-refractivity contribution < 1.29 is 28.7 Å². The minimum absolute atomic E-state index is 0.127. The molecule has 8 nitrogen and oxygen atoms in total. The van der Waals surface area contributed by atoms with Crippen molar-refractivity contribution in [2.75, 3.05) is 6.61 Å². The highest BCUT2D eigenvalue weighted by Gasteiger charge is 2.64. The Morgan fingerprint density at radius 3 is 2.52 bits per heavy atom. The molecule has 1 heterocycles. The van der Waals surface area contributed by atoms with Crippen molar-refractivity contribution in [2.24, 2.45) is 5.84 Å². The monoisotopic (exact) mass is 318 g/mol. The number of imide groups is 1. The normalized spacial score (nSPS) is 20.6. The zero-order valence-corrected chi connectivity index (χ0v) is 12.3. The van der Waals surface area contributed by atoms with Crippen LogP contribution in [0, 0.1) is 0 Å². The summed E-state index contributed by atoms with van der Waals surface area (Å²) >= 11 is 0. The van der Waals surface area contributed by atoms with Gasteiger partial charge in [0.05, 0.1) is 0 Å². The predicted molar refractivity (Wildman–Crippen MR) is 75.8 cm³/mol. The van der Waals surface area contributed by atoms with Crippen LogP contribution >= 0.6 is 0 Å². The fourth-order valence-corrected chi connectivity index (χ4v) is 2.18. The second-order valence-corrected chi connectivity index (χ2v) is 4.63. The number of carbonyl (C=O) groups is 3. The summed E-state index contributed by atoms with van der Waals surface area (Å²) in [6.45, 7) is 1.21. The number of ether oxygens (including phenoxy) is 2. The first-order valence-corrected chi connectivity index (χ1v) is 6.73. The van der Waals surface area contributed by atoms with E-state index >= 15 is 0 Å². The Balaban J connectivity index is 2.33. The van der Waals surface area contributed by atoms with E-state index in [0.29, 0.717) is 5.56 Å². The van der Waals surface area contributed by atoms with E-state index in [-0.39, 0.29) is 18.2 Å². The molecule has 23 heavy (non-hydrogen) atoms. The number of nitrogens with two attached hydrogens (primary N) is 1. The Morgan fingerprint density at radius 2 is 1.96 bits per heavy atom. The summed E-state index contributed by atoms with van der Waals surface area (Å²) in [4.78, 5) is 47.5. The topological polar surface area (TPSA) is 116 Å². The van der Waals surface area contributed by atoms with Crippen molar-refractivity contribution in [2.45, 2.75) is 19.1 Å². The Hall–Kier alpha value is -2.80. The van der Waals surface area contributed by atoms with Crippen LogP contribution in [0.3, 0.4) is 0 Å². The van der Waals surface area contributed by atoms with Gasteiger partial charge < -0.3 is 9.47 Å². The van der Waals surface area contributed by atoms with E-state index in [1.807, 2.05) is 0 Å². The van der Waals surface area contributed by atoms with Crippen molar-refractivity contribution in [3.05, 3.63) is 41.5 Å². The molecule has 2 N–H and O–H groups in total. The van der Waals surface area contributed by atoms with Crippen molar-refractivity contribution in [3.8, 4) is 0 Å². The minimum atomic E-state index is -2.50. The molecule has 0 aromatic heterocycles. The van der Waals surface area contributed by atoms with Gasteiger partial charge in [-0.1, -0.05) is 30.3 Å². The van der Waals surface area contributed by atoms with Gasteiger partial charge in [-0.05, 0) is 12.5 Å². The number of esters is 1. The fourth-order valence-electron chi connectivity index (χ4n) is 2.18. The van der Waals surface area contributed by atoms with Crippen LogP contribution in [-0.4, -0.2) is 40.9 Å². The van der Waals surface area contributed by atoms with E-state index in [2.05, 4.69) is 0 Å². The van der Waals surface area contributed by atoms with Crippen LogP contribution < -0.4 is 5.84 Å². The summed E-state index contributed by atoms with van der Waals surface area (Å²) in [6, 6.07) is 8.67. The van der Waals surface area contributed by atoms with Gasteiger partial charge in [0.15, 0.2) is 5.57 Å². The fraction of sp³-hybridized carbons (Fsp3) is 0.267. The van der Waals surface area contributed by atoms with Gasteiger partial charge in [0.25, 0.3) is 17.4 Å². The molecule has 0 spiro atoms. The number of nitrogens with zero attached hydrogens (tertiary/aromatic N) is 1. The quantitative estimate of drug-likeness (QED) is 0.148. The number of carbonyl (C=O) groups excluding carboxylic acids is 4. The van der Waals surface area contributed by atoms with Crippen molar-refractivity contribution in [1.82, 2.24) is 5.01 Å². The molecule has 1 aromatic carbocycles. The van der Waals surface area contributed by atoms with Gasteiger partial charge in [0, 0.05) is 6.61 Å². The molecule has 0 saturated carbocycles. The molecular formula is C15H14N2O6. The summed E-state index contributed by atoms with van der Waals surface area (Å²) in [7, 11) is 0. The summed E-state index contributed by atoms with van der Waals surface area (Å²) < 4.78 is 10.2. The van der Waals surface area contributed by atoms with Crippen LogP contribution in [0.2, 0.25) is 0 Å². The SMILES string of the molecule is CCOC1(C(=O)OCc2ccccc2)C(=O)N(N)C(=O)C1=C=O. The first-order valence-electron chi connectivity index (χ1n) is 6.73. The number of rotatable bonds is 5. The first-order chi connectivity index (χ1) is 11.0. The molecule has 2 rings (SSSR count). The third-order valence-electron chi connectivity index (χ3n) is 3.27. The van der Waals surface area contributed by atoms with Crippen LogP contribution in [0.1, 0.15) is 12.5 Å². The van der Waals surface area contributed by atoms with E-state index in [1.54, 1.807) is 30.3 Å². The zero-order valence-electron chi connectivity index (χ0n) is 12.3. The molecule has 0 bridgehead atoms. The molecule has 1 fully saturated rings. The maximum Gasteiger partial charge on any atom is 0.354 e. The summed E-state index contributed by atoms with van der Waals surface area (Å²) in [5.74, 6) is 3.05. The molecule has 8 heteroatoms. The highest BCUT2D eigenvalue weighted by atomic mass is 16.6. The smallest absolute Gasteiger partial charge is 0.354 e. The first kappa shape index (κ1) is 16.6. The molecule has 1 aliphatic heterocycles. The average Bonchev–Trinajstić information content (AvgIpc) is 2.75. The van der Waals surface area contributed by atoms with Crippen molar-refractivity contribution in [1.29, 1.82) is 0 Å². The maximum absolute atomic E-state index is 12.4. The van der Waals surface area contributed by atoms with E-state index in [4.69, 9.17) is 15.3 Å². The van der Waals surface area contributed by atoms with Crippen LogP contribution in [0.4, 0.5) is 0 Å². The molecule has 120 valence electrons. The second-order valence-electron chi connectivity index (χ2n) is 4.63. The van der Waals surface area contributed by atoms with E-state index < -0.39 is 29.0 Å². The van der Waals surface area contributed by atoms with E-state index in [1.165, 1.54) is 12.9 Å². The number of hydrogen-bond acceptors (Lipinski definition) is 7. The molecule has 0 radical (unpaired) electrons. The van der Waals surface area contributed by atoms with Gasteiger partial charge in [-0.3, -0.25) is 9.59 Å². The van der Waals surface area contributed by atoms with Crippen LogP contribution in [0.5, 0.6) is 0 Å². The molecule has 1 aliphatic rings. The third-order valence-corrected chi connectivity index (χ3v) is 3.27. The van der Waals surface area contributed by atoms with Gasteiger partial charge in [0.1, 0.15) is 12.5 Å². The zero-order chi connectivity index (χ0) is 17.0. The molecule has 1 saturated heterocycles. The van der Waals surface area contributed by atoms with Gasteiger partial charge >= 0.3 is 5.97 Å². The summed E-state index contributed by atoms with van der Waals surface area (Å²) in [5, 5.41) is 0.152. The molecule has 1 atom stereocenters. The lowest BCUT2D eigenvalue weighted by atomic mass is 9.97. The summed E-state index contributed by atoms with van der Waals surface area (Å²) in [6.07, 6.45) is 0. The Kier molecular flexibility index (Phi) is 4.71. The Bertz CT molecular complexity index is 695. The Morgan fingerprint density at radius 1 is 1.30 bits per heavy atom. The standard InChI is InChI=1S/C15H14N2O6/c1-2-23-15(11(8-18)12(19)17(16)13(15)20)14(21)22-9-10-6-4-3-5-7-10/h3-7H,2,9,16H2,1H3. The van der Waals surface area contributed by atoms with Crippen LogP contribution in [0.25, 0.3) is 0 Å². The lowest BCUT2D eigenvalue weighted by Gasteiger charge is -2.23. The molecule has 1 unspecified atom stereocenters. The molecular weight excluding hydrogens is 304 g/mol. The lowest BCUT2D eigenvalue weighted by Crippen LogP contribution is -2.52. The largest absolute Gasteiger partial charge is 0.458 e. The molecule has 2 amide bonds. The molecule has 0 aliphatic carbocycles. The highest BCUT2D eigenvalue weighted by molar-refractivity contribution is 6.30. The van der Waals surface area contributed by atoms with Crippen LogP contribution in [-0.2, 0) is 35.3 Å². The number of amides is 2. The van der Waals surface area contributed by atoms with Gasteiger partial charge in [0.2, 0.25) is 0 Å². The van der Waals surface area contributed by atoms with Gasteiger partial charge in [-0.2, -0.15) is 0 Å². The van der Waals surface area contributed by atoms with Gasteiger partial charge in [-0.25, -0.2) is 20.4 Å². The maximum atomic E-state index is 12.4. The number of hydrazine groups is 1. The predicted octanol–water partition coefficient (Wildman–Crippen LogP) is -0.494. The van der Waals surface area contributed by atoms with Crippen molar-refractivity contribution in [3.63, 3.8) is 0 Å². The van der Waals surface area contributed by atoms with Crippen molar-refractivity contribution >= 4 is 23.7 Å². The number of benzene rings is 1. The van der Waals surface area contributed by atoms with Crippen LogP contribution in [0.15, 0.2) is 35.9 Å². The Labute approximate surface area is 131 Å². The molecule has 1 aromatic rings. The second kappa shape index (κ2) is 6.53. The number of hydrogen-bond donors (Lipinski definition) is 1. The van der Waals surface area contributed by atoms with Gasteiger partial charge in [-0.15, -0.1) is 0 Å². The third kappa shape index (κ3) is 2.66. The average molecular weight is 318 g/mol. The highest BCUT2D eigenvalue weighted by Crippen LogP contribution is 2.32. The summed E-state index contributed by atoms with van der Waals surface area (Å²) in [5.41, 5.74) is -2.66.